The minimum absolute atomic E-state index is 0.0374. The van der Waals surface area contributed by atoms with E-state index < -0.39 is 17.6 Å². The van der Waals surface area contributed by atoms with Crippen molar-refractivity contribution in [1.29, 1.82) is 0 Å². The minimum atomic E-state index is -0.939. The molecule has 0 fully saturated rings. The normalized spacial score (nSPS) is 10.9. The van der Waals surface area contributed by atoms with Crippen LogP contribution in [0.5, 0.6) is 5.75 Å². The summed E-state index contributed by atoms with van der Waals surface area (Å²) in [5.41, 5.74) is 5.56. The third-order valence-electron chi connectivity index (χ3n) is 5.20. The van der Waals surface area contributed by atoms with Gasteiger partial charge in [-0.2, -0.15) is 0 Å². The second-order valence-corrected chi connectivity index (χ2v) is 8.31. The van der Waals surface area contributed by atoms with Crippen molar-refractivity contribution in [2.75, 3.05) is 20.3 Å². The summed E-state index contributed by atoms with van der Waals surface area (Å²) < 4.78 is 12.1. The largest absolute Gasteiger partial charge is 0.494 e. The molecule has 2 heterocycles. The van der Waals surface area contributed by atoms with Crippen LogP contribution in [0, 0.1) is 0 Å². The van der Waals surface area contributed by atoms with Crippen LogP contribution in [0.4, 0.5) is 4.79 Å². The molecule has 0 unspecified atom stereocenters. The summed E-state index contributed by atoms with van der Waals surface area (Å²) in [5, 5.41) is 3.57. The summed E-state index contributed by atoms with van der Waals surface area (Å²) in [7, 11) is 1.38. The lowest BCUT2D eigenvalue weighted by molar-refractivity contribution is 0.0936. The molecular weight excluding hydrogens is 458 g/mol. The van der Waals surface area contributed by atoms with Gasteiger partial charge in [-0.1, -0.05) is 48.5 Å². The Morgan fingerprint density at radius 2 is 1.76 bits per heavy atom. The number of thiophene rings is 1. The van der Waals surface area contributed by atoms with Crippen molar-refractivity contribution >= 4 is 50.1 Å². The lowest BCUT2D eigenvalue weighted by Crippen LogP contribution is -2.28. The number of fused-ring (bicyclic) bond motifs is 3. The number of methoxy groups -OCH3 is 1. The van der Waals surface area contributed by atoms with Gasteiger partial charge in [0.1, 0.15) is 16.9 Å². The molecule has 9 nitrogen and oxygen atoms in total. The number of hydrogen-bond acceptors (Lipinski definition) is 7. The molecule has 0 aliphatic rings. The third-order valence-corrected chi connectivity index (χ3v) is 6.41. The van der Waals surface area contributed by atoms with Crippen molar-refractivity contribution in [3.63, 3.8) is 0 Å². The molecule has 2 aromatic carbocycles. The number of nitrogens with one attached hydrogen (secondary N) is 1. The van der Waals surface area contributed by atoms with Crippen LogP contribution in [0.2, 0.25) is 0 Å². The van der Waals surface area contributed by atoms with E-state index in [0.29, 0.717) is 15.8 Å². The van der Waals surface area contributed by atoms with E-state index in [2.05, 4.69) is 10.1 Å². The van der Waals surface area contributed by atoms with Crippen LogP contribution in [0.25, 0.3) is 21.0 Å². The van der Waals surface area contributed by atoms with E-state index >= 15 is 0 Å². The van der Waals surface area contributed by atoms with E-state index in [1.807, 2.05) is 18.2 Å². The fourth-order valence-electron chi connectivity index (χ4n) is 3.70. The molecule has 0 radical (unpaired) electrons. The predicted octanol–water partition coefficient (Wildman–Crippen LogP) is 2.93. The van der Waals surface area contributed by atoms with E-state index in [1.54, 1.807) is 36.4 Å². The zero-order valence-corrected chi connectivity index (χ0v) is 19.0. The summed E-state index contributed by atoms with van der Waals surface area (Å²) in [6.07, 6.45) is -0.939. The number of para-hydroxylation sites is 1. The Hall–Kier alpha value is -4.18. The van der Waals surface area contributed by atoms with Gasteiger partial charge in [0.05, 0.1) is 30.4 Å². The maximum Gasteiger partial charge on any atom is 0.404 e. The number of carbonyl (C=O) groups excluding carboxylic acids is 3. The zero-order chi connectivity index (χ0) is 24.2. The number of aromatic nitrogens is 1. The van der Waals surface area contributed by atoms with Crippen LogP contribution < -0.4 is 21.3 Å². The lowest BCUT2D eigenvalue weighted by Gasteiger charge is -2.11. The highest BCUT2D eigenvalue weighted by Gasteiger charge is 2.25. The molecule has 0 saturated carbocycles. The summed E-state index contributed by atoms with van der Waals surface area (Å²) in [5.74, 6) is -0.569. The zero-order valence-electron chi connectivity index (χ0n) is 18.2. The number of benzene rings is 2. The van der Waals surface area contributed by atoms with Gasteiger partial charge in [0.25, 0.3) is 11.5 Å². The van der Waals surface area contributed by atoms with Crippen LogP contribution in [-0.4, -0.2) is 42.6 Å². The lowest BCUT2D eigenvalue weighted by atomic mass is 10.1. The van der Waals surface area contributed by atoms with Gasteiger partial charge in [0, 0.05) is 10.9 Å². The van der Waals surface area contributed by atoms with E-state index in [1.165, 1.54) is 11.7 Å². The number of ether oxygens (including phenoxy) is 2. The monoisotopic (exact) mass is 479 g/mol. The first-order valence-corrected chi connectivity index (χ1v) is 11.1. The highest BCUT2D eigenvalue weighted by Crippen LogP contribution is 2.39. The number of primary amides is 1. The Balaban J connectivity index is 1.81. The molecule has 0 spiro atoms. The van der Waals surface area contributed by atoms with Crippen molar-refractivity contribution in [2.45, 2.75) is 6.54 Å². The van der Waals surface area contributed by atoms with Crippen molar-refractivity contribution in [2.24, 2.45) is 5.73 Å². The predicted molar refractivity (Wildman–Crippen MR) is 129 cm³/mol. The van der Waals surface area contributed by atoms with Gasteiger partial charge in [0.15, 0.2) is 11.5 Å². The SMILES string of the molecule is COc1c(C(=O)NCCOC(N)=O)sc2c1c(=O)n(CC(=O)c1ccccc1)c1ccccc21. The van der Waals surface area contributed by atoms with Gasteiger partial charge < -0.3 is 20.5 Å². The van der Waals surface area contributed by atoms with Gasteiger partial charge in [-0.05, 0) is 6.07 Å². The number of ketones is 1. The molecule has 2 amide bonds. The second kappa shape index (κ2) is 9.75. The van der Waals surface area contributed by atoms with Crippen molar-refractivity contribution in [3.05, 3.63) is 75.4 Å². The average molecular weight is 480 g/mol. The smallest absolute Gasteiger partial charge is 0.404 e. The number of nitrogens with zero attached hydrogens (tertiary/aromatic N) is 1. The first-order chi connectivity index (χ1) is 16.4. The highest BCUT2D eigenvalue weighted by molar-refractivity contribution is 7.22. The first kappa shape index (κ1) is 23.0. The molecule has 10 heteroatoms. The maximum absolute atomic E-state index is 13.6. The molecule has 0 bridgehead atoms. The number of nitrogens with two attached hydrogens (primary N) is 1. The number of rotatable bonds is 8. The van der Waals surface area contributed by atoms with Gasteiger partial charge in [-0.15, -0.1) is 11.3 Å². The molecule has 0 atom stereocenters. The first-order valence-electron chi connectivity index (χ1n) is 10.3. The molecule has 4 aromatic rings. The summed E-state index contributed by atoms with van der Waals surface area (Å²) in [4.78, 5) is 50.2. The summed E-state index contributed by atoms with van der Waals surface area (Å²) >= 11 is 1.12. The molecule has 174 valence electrons. The molecule has 4 rings (SSSR count). The van der Waals surface area contributed by atoms with Crippen LogP contribution in [0.1, 0.15) is 20.0 Å². The maximum atomic E-state index is 13.6. The van der Waals surface area contributed by atoms with Gasteiger partial charge in [-0.25, -0.2) is 4.79 Å². The van der Waals surface area contributed by atoms with E-state index in [4.69, 9.17) is 10.5 Å². The number of amides is 2. The molecular formula is C24H21N3O6S. The highest BCUT2D eigenvalue weighted by atomic mass is 32.1. The fourth-order valence-corrected chi connectivity index (χ4v) is 4.91. The molecule has 2 aromatic heterocycles. The third kappa shape index (κ3) is 4.35. The Bertz CT molecular complexity index is 1460. The number of pyridine rings is 1. The Morgan fingerprint density at radius 3 is 2.47 bits per heavy atom. The van der Waals surface area contributed by atoms with Crippen molar-refractivity contribution in [1.82, 2.24) is 9.88 Å². The molecule has 3 N–H and O–H groups in total. The van der Waals surface area contributed by atoms with Crippen LogP contribution in [0.3, 0.4) is 0 Å². The Kier molecular flexibility index (Phi) is 6.60. The Labute approximate surface area is 197 Å². The van der Waals surface area contributed by atoms with Gasteiger partial charge >= 0.3 is 6.09 Å². The fraction of sp³-hybridized carbons (Fsp3) is 0.167. The Morgan fingerprint density at radius 1 is 1.06 bits per heavy atom. The number of carbonyl (C=O) groups is 3. The number of hydrogen-bond donors (Lipinski definition) is 2. The van der Waals surface area contributed by atoms with Gasteiger partial charge in [0.2, 0.25) is 0 Å². The van der Waals surface area contributed by atoms with Crippen molar-refractivity contribution in [3.8, 4) is 5.75 Å². The minimum Gasteiger partial charge on any atom is -0.494 e. The molecule has 0 aliphatic carbocycles. The number of Topliss-reactive ketones (excluding diaryl/α,β-unsaturated/α-hetero) is 1. The van der Waals surface area contributed by atoms with Crippen LogP contribution >= 0.6 is 11.3 Å². The van der Waals surface area contributed by atoms with E-state index in [0.717, 1.165) is 16.7 Å². The second-order valence-electron chi connectivity index (χ2n) is 7.29. The molecule has 34 heavy (non-hydrogen) atoms. The summed E-state index contributed by atoms with van der Waals surface area (Å²) in [6.45, 7) is -0.217. The topological polar surface area (TPSA) is 130 Å². The quantitative estimate of drug-likeness (QED) is 0.295. The molecule has 0 saturated heterocycles. The summed E-state index contributed by atoms with van der Waals surface area (Å²) in [6, 6.07) is 15.9. The molecule has 0 aliphatic heterocycles. The average Bonchev–Trinajstić information content (AvgIpc) is 3.25. The van der Waals surface area contributed by atoms with Gasteiger partial charge in [-0.3, -0.25) is 19.0 Å². The van der Waals surface area contributed by atoms with E-state index in [9.17, 15) is 19.2 Å². The van der Waals surface area contributed by atoms with E-state index in [-0.39, 0.29) is 41.5 Å². The van der Waals surface area contributed by atoms with Crippen LogP contribution in [0.15, 0.2) is 59.4 Å². The van der Waals surface area contributed by atoms with Crippen molar-refractivity contribution < 1.29 is 23.9 Å². The van der Waals surface area contributed by atoms with Crippen LogP contribution in [-0.2, 0) is 11.3 Å². The standard InChI is InChI=1S/C24H21N3O6S/c1-32-19-18-20(34-21(19)22(29)26-11-12-33-24(25)31)15-9-5-6-10-16(15)27(23(18)30)13-17(28)14-7-3-2-4-8-14/h2-10H,11-13H2,1H3,(H2,25,31)(H,26,29).